The van der Waals surface area contributed by atoms with Crippen molar-refractivity contribution in [2.45, 2.75) is 20.4 Å². The van der Waals surface area contributed by atoms with E-state index in [4.69, 9.17) is 4.74 Å². The highest BCUT2D eigenvalue weighted by atomic mass is 16.5. The molecule has 0 atom stereocenters. The fourth-order valence-corrected chi connectivity index (χ4v) is 2.05. The van der Waals surface area contributed by atoms with Gasteiger partial charge in [-0.3, -0.25) is 0 Å². The largest absolute Gasteiger partial charge is 0.462 e. The molecule has 120 valence electrons. The van der Waals surface area contributed by atoms with Crippen LogP contribution in [0.4, 0.5) is 10.5 Å². The van der Waals surface area contributed by atoms with Crippen LogP contribution in [0.25, 0.3) is 0 Å². The number of ether oxygens (including phenoxy) is 1. The van der Waals surface area contributed by atoms with Crippen molar-refractivity contribution in [3.05, 3.63) is 65.2 Å². The van der Waals surface area contributed by atoms with Crippen molar-refractivity contribution in [2.75, 3.05) is 11.9 Å². The minimum Gasteiger partial charge on any atom is -0.462 e. The van der Waals surface area contributed by atoms with Crippen molar-refractivity contribution in [3.63, 3.8) is 0 Å². The van der Waals surface area contributed by atoms with E-state index in [0.29, 0.717) is 18.7 Å². The standard InChI is InChI=1S/C18H20N2O3/c1-3-23-17(21)15-9-7-14(8-10-15)12-19-18(22)20-16-6-4-5-13(2)11-16/h4-11H,3,12H2,1-2H3,(H2,19,20,22). The third-order valence-corrected chi connectivity index (χ3v) is 3.19. The average Bonchev–Trinajstić information content (AvgIpc) is 2.54. The first-order valence-electron chi connectivity index (χ1n) is 7.46. The van der Waals surface area contributed by atoms with E-state index in [2.05, 4.69) is 10.6 Å². The van der Waals surface area contributed by atoms with Gasteiger partial charge in [0.2, 0.25) is 0 Å². The zero-order valence-electron chi connectivity index (χ0n) is 13.3. The summed E-state index contributed by atoms with van der Waals surface area (Å²) in [6, 6.07) is 14.3. The van der Waals surface area contributed by atoms with Crippen LogP contribution in [-0.2, 0) is 11.3 Å². The molecule has 0 saturated carbocycles. The summed E-state index contributed by atoms with van der Waals surface area (Å²) >= 11 is 0. The summed E-state index contributed by atoms with van der Waals surface area (Å²) in [5.41, 5.74) is 3.23. The molecule has 0 aliphatic rings. The van der Waals surface area contributed by atoms with Gasteiger partial charge in [0.15, 0.2) is 0 Å². The molecular formula is C18H20N2O3. The first kappa shape index (κ1) is 16.5. The summed E-state index contributed by atoms with van der Waals surface area (Å²) in [6.45, 7) is 4.46. The van der Waals surface area contributed by atoms with Gasteiger partial charge in [0.25, 0.3) is 0 Å². The number of hydrogen-bond acceptors (Lipinski definition) is 3. The normalized spacial score (nSPS) is 10.0. The summed E-state index contributed by atoms with van der Waals surface area (Å²) in [6.07, 6.45) is 0. The zero-order valence-corrected chi connectivity index (χ0v) is 13.3. The SMILES string of the molecule is CCOC(=O)c1ccc(CNC(=O)Nc2cccc(C)c2)cc1. The third-order valence-electron chi connectivity index (χ3n) is 3.19. The molecule has 5 nitrogen and oxygen atoms in total. The van der Waals surface area contributed by atoms with Crippen LogP contribution in [-0.4, -0.2) is 18.6 Å². The van der Waals surface area contributed by atoms with E-state index in [1.807, 2.05) is 31.2 Å². The number of carbonyl (C=O) groups is 2. The van der Waals surface area contributed by atoms with Crippen LogP contribution < -0.4 is 10.6 Å². The maximum absolute atomic E-state index is 11.9. The molecule has 0 aliphatic heterocycles. The van der Waals surface area contributed by atoms with Crippen molar-refractivity contribution < 1.29 is 14.3 Å². The van der Waals surface area contributed by atoms with E-state index in [1.54, 1.807) is 31.2 Å². The smallest absolute Gasteiger partial charge is 0.338 e. The molecule has 0 radical (unpaired) electrons. The van der Waals surface area contributed by atoms with E-state index in [9.17, 15) is 9.59 Å². The Hall–Kier alpha value is -2.82. The first-order chi connectivity index (χ1) is 11.1. The van der Waals surface area contributed by atoms with Crippen molar-refractivity contribution in [1.29, 1.82) is 0 Å². The Morgan fingerprint density at radius 2 is 1.83 bits per heavy atom. The number of esters is 1. The van der Waals surface area contributed by atoms with Gasteiger partial charge in [0, 0.05) is 12.2 Å². The highest BCUT2D eigenvalue weighted by molar-refractivity contribution is 5.90. The van der Waals surface area contributed by atoms with Gasteiger partial charge in [0.1, 0.15) is 0 Å². The highest BCUT2D eigenvalue weighted by Crippen LogP contribution is 2.09. The van der Waals surface area contributed by atoms with Crippen molar-refractivity contribution in [1.82, 2.24) is 5.32 Å². The van der Waals surface area contributed by atoms with Crippen LogP contribution >= 0.6 is 0 Å². The number of anilines is 1. The predicted octanol–water partition coefficient (Wildman–Crippen LogP) is 3.49. The number of rotatable bonds is 5. The Kier molecular flexibility index (Phi) is 5.74. The predicted molar refractivity (Wildman–Crippen MR) is 89.4 cm³/mol. The second kappa shape index (κ2) is 7.98. The minimum absolute atomic E-state index is 0.273. The lowest BCUT2D eigenvalue weighted by Crippen LogP contribution is -2.28. The topological polar surface area (TPSA) is 67.4 Å². The lowest BCUT2D eigenvalue weighted by atomic mass is 10.1. The van der Waals surface area contributed by atoms with Crippen LogP contribution in [0.2, 0.25) is 0 Å². The van der Waals surface area contributed by atoms with Gasteiger partial charge >= 0.3 is 12.0 Å². The molecule has 0 aromatic heterocycles. The van der Waals surface area contributed by atoms with Crippen LogP contribution in [0.5, 0.6) is 0 Å². The van der Waals surface area contributed by atoms with Crippen molar-refractivity contribution in [3.8, 4) is 0 Å². The Morgan fingerprint density at radius 1 is 1.09 bits per heavy atom. The van der Waals surface area contributed by atoms with E-state index >= 15 is 0 Å². The third kappa shape index (κ3) is 5.14. The van der Waals surface area contributed by atoms with Crippen LogP contribution in [0.1, 0.15) is 28.4 Å². The maximum Gasteiger partial charge on any atom is 0.338 e. The van der Waals surface area contributed by atoms with Crippen LogP contribution in [0, 0.1) is 6.92 Å². The van der Waals surface area contributed by atoms with E-state index in [1.165, 1.54) is 0 Å². The van der Waals surface area contributed by atoms with Gasteiger partial charge in [-0.1, -0.05) is 24.3 Å². The molecule has 0 unspecified atom stereocenters. The number of benzene rings is 2. The fourth-order valence-electron chi connectivity index (χ4n) is 2.05. The average molecular weight is 312 g/mol. The molecule has 0 bridgehead atoms. The molecular weight excluding hydrogens is 292 g/mol. The fraction of sp³-hybridized carbons (Fsp3) is 0.222. The minimum atomic E-state index is -0.343. The Balaban J connectivity index is 1.85. The first-order valence-corrected chi connectivity index (χ1v) is 7.46. The number of urea groups is 1. The Morgan fingerprint density at radius 3 is 2.48 bits per heavy atom. The molecule has 2 aromatic rings. The molecule has 2 rings (SSSR count). The van der Waals surface area contributed by atoms with Gasteiger partial charge in [-0.2, -0.15) is 0 Å². The summed E-state index contributed by atoms with van der Waals surface area (Å²) in [7, 11) is 0. The Labute approximate surface area is 135 Å². The molecule has 0 fully saturated rings. The number of nitrogens with one attached hydrogen (secondary N) is 2. The molecule has 0 aliphatic carbocycles. The highest BCUT2D eigenvalue weighted by Gasteiger charge is 2.06. The number of hydrogen-bond donors (Lipinski definition) is 2. The summed E-state index contributed by atoms with van der Waals surface area (Å²) in [4.78, 5) is 23.4. The monoisotopic (exact) mass is 312 g/mol. The van der Waals surface area contributed by atoms with Crippen molar-refractivity contribution in [2.24, 2.45) is 0 Å². The lowest BCUT2D eigenvalue weighted by molar-refractivity contribution is 0.0526. The number of aryl methyl sites for hydroxylation is 1. The molecule has 0 saturated heterocycles. The maximum atomic E-state index is 11.9. The van der Waals surface area contributed by atoms with E-state index < -0.39 is 0 Å². The van der Waals surface area contributed by atoms with Gasteiger partial charge in [-0.05, 0) is 49.2 Å². The molecule has 2 aromatic carbocycles. The molecule has 5 heteroatoms. The van der Waals surface area contributed by atoms with Crippen LogP contribution in [0.3, 0.4) is 0 Å². The summed E-state index contributed by atoms with van der Waals surface area (Å²) in [5.74, 6) is -0.343. The van der Waals surface area contributed by atoms with Gasteiger partial charge in [0.05, 0.1) is 12.2 Å². The number of carbonyl (C=O) groups excluding carboxylic acids is 2. The molecule has 0 spiro atoms. The van der Waals surface area contributed by atoms with E-state index in [-0.39, 0.29) is 12.0 Å². The molecule has 2 amide bonds. The molecule has 23 heavy (non-hydrogen) atoms. The molecule has 2 N–H and O–H groups in total. The molecule has 0 heterocycles. The summed E-state index contributed by atoms with van der Waals surface area (Å²) < 4.78 is 4.92. The van der Waals surface area contributed by atoms with Gasteiger partial charge < -0.3 is 15.4 Å². The number of amides is 2. The lowest BCUT2D eigenvalue weighted by Gasteiger charge is -2.09. The Bertz CT molecular complexity index is 681. The second-order valence-electron chi connectivity index (χ2n) is 5.09. The van der Waals surface area contributed by atoms with Gasteiger partial charge in [-0.15, -0.1) is 0 Å². The second-order valence-corrected chi connectivity index (χ2v) is 5.09. The zero-order chi connectivity index (χ0) is 16.7. The van der Waals surface area contributed by atoms with Crippen molar-refractivity contribution >= 4 is 17.7 Å². The van der Waals surface area contributed by atoms with E-state index in [0.717, 1.165) is 16.8 Å². The van der Waals surface area contributed by atoms with Crippen LogP contribution in [0.15, 0.2) is 48.5 Å². The quantitative estimate of drug-likeness (QED) is 0.830. The summed E-state index contributed by atoms with van der Waals surface area (Å²) in [5, 5.41) is 5.55. The van der Waals surface area contributed by atoms with Gasteiger partial charge in [-0.25, -0.2) is 9.59 Å².